The molecule has 1 aromatic rings. The maximum Gasteiger partial charge on any atom is 0.514 e. The molecule has 15 heavy (non-hydrogen) atoms. The number of carbonyl (C=O) groups is 1. The van der Waals surface area contributed by atoms with Crippen molar-refractivity contribution in [1.82, 2.24) is 0 Å². The number of alkyl halides is 1. The number of benzene rings is 1. The van der Waals surface area contributed by atoms with Crippen LogP contribution in [0, 0.1) is 0 Å². The highest BCUT2D eigenvalue weighted by molar-refractivity contribution is 14.1. The molecule has 4 nitrogen and oxygen atoms in total. The number of ether oxygens (including phenoxy) is 3. The van der Waals surface area contributed by atoms with Crippen molar-refractivity contribution in [2.75, 3.05) is 7.11 Å². The molecule has 0 aromatic heterocycles. The van der Waals surface area contributed by atoms with Gasteiger partial charge < -0.3 is 14.2 Å². The summed E-state index contributed by atoms with van der Waals surface area (Å²) in [6, 6.07) is 6.76. The van der Waals surface area contributed by atoms with Crippen molar-refractivity contribution >= 4 is 28.7 Å². The van der Waals surface area contributed by atoms with Crippen LogP contribution in [0.25, 0.3) is 0 Å². The molecular weight excluding hydrogens is 311 g/mol. The van der Waals surface area contributed by atoms with E-state index < -0.39 is 6.16 Å². The Hall–Kier alpha value is -0.980. The van der Waals surface area contributed by atoms with Gasteiger partial charge in [0.1, 0.15) is 11.5 Å². The predicted molar refractivity (Wildman–Crippen MR) is 63.6 cm³/mol. The second kappa shape index (κ2) is 5.79. The van der Waals surface area contributed by atoms with Gasteiger partial charge in [-0.2, -0.15) is 0 Å². The number of halogens is 1. The van der Waals surface area contributed by atoms with Gasteiger partial charge in [0.25, 0.3) is 0 Å². The Kier molecular flexibility index (Phi) is 4.67. The molecule has 0 spiro atoms. The first-order chi connectivity index (χ1) is 7.11. The van der Waals surface area contributed by atoms with E-state index in [-0.39, 0.29) is 4.11 Å². The Morgan fingerprint density at radius 1 is 1.40 bits per heavy atom. The second-order valence-corrected chi connectivity index (χ2v) is 4.45. The van der Waals surface area contributed by atoms with Gasteiger partial charge in [0.15, 0.2) is 4.11 Å². The van der Waals surface area contributed by atoms with Gasteiger partial charge in [0.05, 0.1) is 7.11 Å². The monoisotopic (exact) mass is 322 g/mol. The van der Waals surface area contributed by atoms with Crippen LogP contribution in [0.5, 0.6) is 11.5 Å². The number of rotatable bonds is 3. The zero-order chi connectivity index (χ0) is 11.3. The van der Waals surface area contributed by atoms with Crippen molar-refractivity contribution in [1.29, 1.82) is 0 Å². The first-order valence-corrected chi connectivity index (χ1v) is 5.53. The smallest absolute Gasteiger partial charge is 0.497 e. The summed E-state index contributed by atoms with van der Waals surface area (Å²) in [6.45, 7) is 1.74. The fraction of sp³-hybridized carbons (Fsp3) is 0.300. The van der Waals surface area contributed by atoms with Crippen LogP contribution < -0.4 is 9.47 Å². The molecule has 0 amide bonds. The lowest BCUT2D eigenvalue weighted by Crippen LogP contribution is -2.13. The molecule has 0 saturated heterocycles. The third-order valence-corrected chi connectivity index (χ3v) is 1.76. The lowest BCUT2D eigenvalue weighted by molar-refractivity contribution is 0.0988. The molecule has 1 atom stereocenters. The van der Waals surface area contributed by atoms with Crippen molar-refractivity contribution in [2.24, 2.45) is 0 Å². The summed E-state index contributed by atoms with van der Waals surface area (Å²) < 4.78 is 14.5. The Bertz CT molecular complexity index is 338. The highest BCUT2D eigenvalue weighted by Crippen LogP contribution is 2.19. The quantitative estimate of drug-likeness (QED) is 0.371. The average Bonchev–Trinajstić information content (AvgIpc) is 2.16. The maximum absolute atomic E-state index is 11.1. The fourth-order valence-electron chi connectivity index (χ4n) is 0.918. The molecule has 0 aliphatic rings. The molecule has 1 aromatic carbocycles. The van der Waals surface area contributed by atoms with Gasteiger partial charge in [-0.3, -0.25) is 0 Å². The van der Waals surface area contributed by atoms with E-state index in [4.69, 9.17) is 14.2 Å². The van der Waals surface area contributed by atoms with Crippen LogP contribution in [-0.2, 0) is 4.74 Å². The molecule has 0 aliphatic heterocycles. The summed E-state index contributed by atoms with van der Waals surface area (Å²) in [5.74, 6) is 1.03. The van der Waals surface area contributed by atoms with E-state index in [1.807, 2.05) is 22.6 Å². The molecule has 0 fully saturated rings. The molecule has 0 bridgehead atoms. The van der Waals surface area contributed by atoms with E-state index in [1.54, 1.807) is 38.3 Å². The third-order valence-electron chi connectivity index (χ3n) is 1.50. The lowest BCUT2D eigenvalue weighted by Gasteiger charge is -2.07. The molecule has 0 radical (unpaired) electrons. The van der Waals surface area contributed by atoms with E-state index in [2.05, 4.69) is 0 Å². The molecular formula is C10H11IO4. The van der Waals surface area contributed by atoms with Crippen molar-refractivity contribution < 1.29 is 19.0 Å². The Labute approximate surface area is 102 Å². The topological polar surface area (TPSA) is 44.8 Å². The van der Waals surface area contributed by atoms with Crippen molar-refractivity contribution in [3.05, 3.63) is 24.3 Å². The van der Waals surface area contributed by atoms with Crippen LogP contribution >= 0.6 is 22.6 Å². The summed E-state index contributed by atoms with van der Waals surface area (Å²) in [5.41, 5.74) is 0. The van der Waals surface area contributed by atoms with Crippen molar-refractivity contribution in [2.45, 2.75) is 11.0 Å². The Balaban J connectivity index is 2.60. The van der Waals surface area contributed by atoms with Gasteiger partial charge in [0, 0.05) is 6.07 Å². The predicted octanol–water partition coefficient (Wildman–Crippen LogP) is 2.99. The van der Waals surface area contributed by atoms with Gasteiger partial charge in [-0.15, -0.1) is 0 Å². The zero-order valence-electron chi connectivity index (χ0n) is 8.40. The summed E-state index contributed by atoms with van der Waals surface area (Å²) in [4.78, 5) is 11.1. The fourth-order valence-corrected chi connectivity index (χ4v) is 1.13. The molecule has 82 valence electrons. The zero-order valence-corrected chi connectivity index (χ0v) is 10.6. The van der Waals surface area contributed by atoms with Crippen molar-refractivity contribution in [3.8, 4) is 11.5 Å². The minimum Gasteiger partial charge on any atom is -0.497 e. The van der Waals surface area contributed by atoms with E-state index in [0.717, 1.165) is 0 Å². The first kappa shape index (κ1) is 12.1. The molecule has 5 heteroatoms. The Morgan fingerprint density at radius 2 is 2.07 bits per heavy atom. The highest BCUT2D eigenvalue weighted by atomic mass is 127. The lowest BCUT2D eigenvalue weighted by atomic mass is 10.3. The molecule has 0 N–H and O–H groups in total. The first-order valence-electron chi connectivity index (χ1n) is 4.28. The van der Waals surface area contributed by atoms with Crippen LogP contribution in [0.3, 0.4) is 0 Å². The number of hydrogen-bond acceptors (Lipinski definition) is 4. The Morgan fingerprint density at radius 3 is 2.67 bits per heavy atom. The summed E-state index contributed by atoms with van der Waals surface area (Å²) in [5, 5.41) is 0. The van der Waals surface area contributed by atoms with E-state index in [1.165, 1.54) is 0 Å². The third kappa shape index (κ3) is 4.37. The standard InChI is InChI=1S/C10H11IO4/c1-7(11)14-10(12)15-9-5-3-4-8(6-9)13-2/h3-7H,1-2H3. The molecule has 0 heterocycles. The van der Waals surface area contributed by atoms with Crippen LogP contribution in [0.4, 0.5) is 4.79 Å². The van der Waals surface area contributed by atoms with E-state index >= 15 is 0 Å². The normalized spacial score (nSPS) is 11.7. The number of methoxy groups -OCH3 is 1. The summed E-state index contributed by atoms with van der Waals surface area (Å²) in [6.07, 6.45) is -0.717. The van der Waals surface area contributed by atoms with Gasteiger partial charge in [-0.25, -0.2) is 4.79 Å². The number of hydrogen-bond donors (Lipinski definition) is 0. The summed E-state index contributed by atoms with van der Waals surface area (Å²) in [7, 11) is 1.55. The van der Waals surface area contributed by atoms with E-state index in [0.29, 0.717) is 11.5 Å². The number of carbonyl (C=O) groups excluding carboxylic acids is 1. The van der Waals surface area contributed by atoms with Gasteiger partial charge in [-0.1, -0.05) is 6.07 Å². The highest BCUT2D eigenvalue weighted by Gasteiger charge is 2.09. The van der Waals surface area contributed by atoms with Gasteiger partial charge in [-0.05, 0) is 41.6 Å². The molecule has 1 unspecified atom stereocenters. The minimum atomic E-state index is -0.717. The molecule has 0 saturated carbocycles. The van der Waals surface area contributed by atoms with Gasteiger partial charge >= 0.3 is 6.16 Å². The van der Waals surface area contributed by atoms with Gasteiger partial charge in [0.2, 0.25) is 0 Å². The van der Waals surface area contributed by atoms with Crippen LogP contribution in [0.15, 0.2) is 24.3 Å². The van der Waals surface area contributed by atoms with Crippen LogP contribution in [0.2, 0.25) is 0 Å². The maximum atomic E-state index is 11.1. The molecule has 0 aliphatic carbocycles. The van der Waals surface area contributed by atoms with Crippen LogP contribution in [0.1, 0.15) is 6.92 Å². The van der Waals surface area contributed by atoms with E-state index in [9.17, 15) is 4.79 Å². The SMILES string of the molecule is COc1cccc(OC(=O)OC(C)I)c1. The summed E-state index contributed by atoms with van der Waals surface area (Å²) >= 11 is 1.97. The van der Waals surface area contributed by atoms with Crippen molar-refractivity contribution in [3.63, 3.8) is 0 Å². The second-order valence-electron chi connectivity index (χ2n) is 2.69. The largest absolute Gasteiger partial charge is 0.514 e. The minimum absolute atomic E-state index is 0.222. The molecule has 1 rings (SSSR count). The average molecular weight is 322 g/mol. The van der Waals surface area contributed by atoms with Crippen LogP contribution in [-0.4, -0.2) is 17.4 Å².